The molecule has 0 aromatic heterocycles. The maximum atomic E-state index is 12.3. The van der Waals surface area contributed by atoms with E-state index in [0.717, 1.165) is 42.6 Å². The Kier molecular flexibility index (Phi) is 10.5. The van der Waals surface area contributed by atoms with Crippen LogP contribution in [0.25, 0.3) is 0 Å². The number of methoxy groups -OCH3 is 1. The Morgan fingerprint density at radius 2 is 1.90 bits per heavy atom. The summed E-state index contributed by atoms with van der Waals surface area (Å²) >= 11 is 0. The Morgan fingerprint density at radius 1 is 1.10 bits per heavy atom. The zero-order valence-corrected chi connectivity index (χ0v) is 22.8. The lowest BCUT2D eigenvalue weighted by Crippen LogP contribution is -2.46. The molecule has 3 N–H and O–H groups in total. The molecule has 0 spiro atoms. The molecule has 0 saturated carbocycles. The summed E-state index contributed by atoms with van der Waals surface area (Å²) in [5, 5.41) is 21.2. The molecule has 4 rings (SSSR count). The number of hydrogen-bond donors (Lipinski definition) is 3. The SMILES string of the molecule is COC[C@@H]1CCCN1C[C@H]1O[C@@H](c2cccc(NC(=O)CCCC(=O)O)c2)O[C@@H](c2ccc(CO)cc2)[C@H]1C. The van der Waals surface area contributed by atoms with E-state index >= 15 is 0 Å². The molecule has 2 fully saturated rings. The molecule has 2 aliphatic heterocycles. The van der Waals surface area contributed by atoms with Crippen LogP contribution in [-0.4, -0.2) is 65.9 Å². The number of carbonyl (C=O) groups is 2. The van der Waals surface area contributed by atoms with Gasteiger partial charge in [0.25, 0.3) is 0 Å². The maximum absolute atomic E-state index is 12.3. The summed E-state index contributed by atoms with van der Waals surface area (Å²) < 4.78 is 18.6. The van der Waals surface area contributed by atoms with Gasteiger partial charge >= 0.3 is 5.97 Å². The van der Waals surface area contributed by atoms with Crippen LogP contribution in [0.15, 0.2) is 48.5 Å². The number of carboxylic acids is 1. The van der Waals surface area contributed by atoms with Gasteiger partial charge in [-0.05, 0) is 49.1 Å². The third-order valence-corrected chi connectivity index (χ3v) is 7.63. The third-order valence-electron chi connectivity index (χ3n) is 7.63. The number of aliphatic hydroxyl groups is 1. The van der Waals surface area contributed by atoms with E-state index in [4.69, 9.17) is 19.3 Å². The van der Waals surface area contributed by atoms with Crippen LogP contribution < -0.4 is 5.32 Å². The minimum absolute atomic E-state index is 0.0135. The van der Waals surface area contributed by atoms with Crippen molar-refractivity contribution in [1.29, 1.82) is 0 Å². The van der Waals surface area contributed by atoms with E-state index in [2.05, 4.69) is 17.1 Å². The first-order valence-electron chi connectivity index (χ1n) is 13.7. The van der Waals surface area contributed by atoms with E-state index in [1.54, 1.807) is 13.2 Å². The summed E-state index contributed by atoms with van der Waals surface area (Å²) in [5.41, 5.74) is 3.27. The maximum Gasteiger partial charge on any atom is 0.303 e. The first-order valence-corrected chi connectivity index (χ1v) is 13.7. The highest BCUT2D eigenvalue weighted by atomic mass is 16.7. The molecule has 9 heteroatoms. The smallest absolute Gasteiger partial charge is 0.303 e. The summed E-state index contributed by atoms with van der Waals surface area (Å²) in [6.45, 7) is 4.61. The number of aliphatic hydroxyl groups excluding tert-OH is 1. The highest BCUT2D eigenvalue weighted by molar-refractivity contribution is 5.90. The third kappa shape index (κ3) is 7.86. The quantitative estimate of drug-likeness (QED) is 0.365. The predicted molar refractivity (Wildman–Crippen MR) is 146 cm³/mol. The Bertz CT molecular complexity index is 1090. The van der Waals surface area contributed by atoms with Crippen LogP contribution in [0.3, 0.4) is 0 Å². The second-order valence-corrected chi connectivity index (χ2v) is 10.5. The van der Waals surface area contributed by atoms with E-state index in [-0.39, 0.29) is 49.9 Å². The molecule has 2 aliphatic rings. The van der Waals surface area contributed by atoms with Crippen molar-refractivity contribution in [1.82, 2.24) is 4.90 Å². The normalized spacial score (nSPS) is 25.5. The number of amides is 1. The van der Waals surface area contributed by atoms with Crippen molar-refractivity contribution in [3.8, 4) is 0 Å². The Morgan fingerprint density at radius 3 is 2.62 bits per heavy atom. The second kappa shape index (κ2) is 14.0. The number of nitrogens with zero attached hydrogens (tertiary/aromatic N) is 1. The number of ether oxygens (including phenoxy) is 3. The molecule has 0 aliphatic carbocycles. The molecule has 0 radical (unpaired) electrons. The topological polar surface area (TPSA) is 118 Å². The van der Waals surface area contributed by atoms with E-state index < -0.39 is 12.3 Å². The van der Waals surface area contributed by atoms with Crippen LogP contribution in [0, 0.1) is 5.92 Å². The lowest BCUT2D eigenvalue weighted by molar-refractivity contribution is -0.276. The zero-order chi connectivity index (χ0) is 27.8. The van der Waals surface area contributed by atoms with Crippen molar-refractivity contribution in [2.24, 2.45) is 5.92 Å². The van der Waals surface area contributed by atoms with Gasteiger partial charge in [0.15, 0.2) is 6.29 Å². The van der Waals surface area contributed by atoms with Gasteiger partial charge in [-0.25, -0.2) is 0 Å². The Hall–Kier alpha value is -2.82. The molecule has 2 heterocycles. The number of carboxylic acid groups (broad SMARTS) is 1. The average molecular weight is 541 g/mol. The van der Waals surface area contributed by atoms with E-state index in [1.165, 1.54) is 0 Å². The molecular weight excluding hydrogens is 500 g/mol. The van der Waals surface area contributed by atoms with Crippen molar-refractivity contribution in [2.45, 2.75) is 70.2 Å². The largest absolute Gasteiger partial charge is 0.481 e. The van der Waals surface area contributed by atoms with Gasteiger partial charge in [-0.15, -0.1) is 0 Å². The number of likely N-dealkylation sites (tertiary alicyclic amines) is 1. The minimum atomic E-state index is -0.914. The summed E-state index contributed by atoms with van der Waals surface area (Å²) in [7, 11) is 1.74. The number of benzene rings is 2. The molecule has 2 aromatic carbocycles. The van der Waals surface area contributed by atoms with Crippen molar-refractivity contribution in [3.05, 3.63) is 65.2 Å². The highest BCUT2D eigenvalue weighted by Gasteiger charge is 2.40. The van der Waals surface area contributed by atoms with Crippen molar-refractivity contribution in [2.75, 3.05) is 32.1 Å². The predicted octanol–water partition coefficient (Wildman–Crippen LogP) is 4.27. The summed E-state index contributed by atoms with van der Waals surface area (Å²) in [5.74, 6) is -1.07. The fourth-order valence-electron chi connectivity index (χ4n) is 5.46. The average Bonchev–Trinajstić information content (AvgIpc) is 3.36. The minimum Gasteiger partial charge on any atom is -0.481 e. The highest BCUT2D eigenvalue weighted by Crippen LogP contribution is 2.42. The number of hydrogen-bond acceptors (Lipinski definition) is 7. The van der Waals surface area contributed by atoms with Gasteiger partial charge in [-0.2, -0.15) is 0 Å². The van der Waals surface area contributed by atoms with Crippen LogP contribution in [0.4, 0.5) is 5.69 Å². The van der Waals surface area contributed by atoms with Crippen molar-refractivity contribution in [3.63, 3.8) is 0 Å². The van der Waals surface area contributed by atoms with Gasteiger partial charge in [0.05, 0.1) is 25.4 Å². The number of rotatable bonds is 12. The second-order valence-electron chi connectivity index (χ2n) is 10.5. The molecular formula is C30H40N2O7. The summed E-state index contributed by atoms with van der Waals surface area (Å²) in [6.07, 6.45) is 1.66. The summed E-state index contributed by atoms with van der Waals surface area (Å²) in [6, 6.07) is 15.6. The molecule has 0 unspecified atom stereocenters. The monoisotopic (exact) mass is 540 g/mol. The van der Waals surface area contributed by atoms with Crippen LogP contribution in [-0.2, 0) is 30.4 Å². The number of carbonyl (C=O) groups excluding carboxylic acids is 1. The van der Waals surface area contributed by atoms with Crippen LogP contribution in [0.2, 0.25) is 0 Å². The first kappa shape index (κ1) is 29.2. The Labute approximate surface area is 230 Å². The van der Waals surface area contributed by atoms with Gasteiger partial charge in [0.2, 0.25) is 5.91 Å². The van der Waals surface area contributed by atoms with Gasteiger partial charge in [0, 0.05) is 49.7 Å². The van der Waals surface area contributed by atoms with Crippen LogP contribution in [0.1, 0.15) is 68.1 Å². The summed E-state index contributed by atoms with van der Waals surface area (Å²) in [4.78, 5) is 25.5. The first-order chi connectivity index (χ1) is 18.9. The lowest BCUT2D eigenvalue weighted by atomic mass is 9.90. The fraction of sp³-hybridized carbons (Fsp3) is 0.533. The van der Waals surface area contributed by atoms with Gasteiger partial charge in [-0.3, -0.25) is 14.5 Å². The fourth-order valence-corrected chi connectivity index (χ4v) is 5.46. The lowest BCUT2D eigenvalue weighted by Gasteiger charge is -2.43. The van der Waals surface area contributed by atoms with E-state index in [9.17, 15) is 14.7 Å². The standard InChI is InChI=1S/C30H40N2O7/c1-20-26(17-32-15-5-8-25(32)19-37-2)38-30(39-29(20)22-13-11-21(18-33)12-14-22)23-6-3-7-24(16-23)31-27(34)9-4-10-28(35)36/h3,6-7,11-14,16,20,25-26,29-30,33H,4-5,8-10,15,17-19H2,1-2H3,(H,31,34)(H,35,36)/t20-,25-,26+,29+,30+/m0/s1. The van der Waals surface area contributed by atoms with Gasteiger partial charge in [-0.1, -0.05) is 43.3 Å². The zero-order valence-electron chi connectivity index (χ0n) is 22.8. The van der Waals surface area contributed by atoms with Crippen molar-refractivity contribution >= 4 is 17.6 Å². The number of nitrogens with one attached hydrogen (secondary N) is 1. The molecule has 2 saturated heterocycles. The molecule has 39 heavy (non-hydrogen) atoms. The van der Waals surface area contributed by atoms with Crippen molar-refractivity contribution < 1.29 is 34.0 Å². The molecule has 5 atom stereocenters. The van der Waals surface area contributed by atoms with Crippen LogP contribution in [0.5, 0.6) is 0 Å². The molecule has 1 amide bonds. The molecule has 9 nitrogen and oxygen atoms in total. The molecule has 2 aromatic rings. The molecule has 0 bridgehead atoms. The van der Waals surface area contributed by atoms with E-state index in [1.807, 2.05) is 42.5 Å². The van der Waals surface area contributed by atoms with Gasteiger partial charge < -0.3 is 29.7 Å². The van der Waals surface area contributed by atoms with Gasteiger partial charge in [0.1, 0.15) is 0 Å². The van der Waals surface area contributed by atoms with E-state index in [0.29, 0.717) is 18.3 Å². The molecule has 212 valence electrons. The number of aliphatic carboxylic acids is 1. The van der Waals surface area contributed by atoms with Crippen LogP contribution >= 0.6 is 0 Å². The Balaban J connectivity index is 1.53. The number of anilines is 1.